The predicted molar refractivity (Wildman–Crippen MR) is 133 cm³/mol. The molecule has 1 saturated heterocycles. The number of amides is 1. The maximum Gasteiger partial charge on any atom is 0.271 e. The quantitative estimate of drug-likeness (QED) is 0.287. The summed E-state index contributed by atoms with van der Waals surface area (Å²) in [7, 11) is -3.79. The Morgan fingerprint density at radius 1 is 1.26 bits per heavy atom. The minimum Gasteiger partial charge on any atom is -0.333 e. The molecule has 1 N–H and O–H groups in total. The summed E-state index contributed by atoms with van der Waals surface area (Å²) in [4.78, 5) is 33.1. The number of aromatic nitrogens is 2. The first-order valence-electron chi connectivity index (χ1n) is 11.2. The molecule has 0 bridgehead atoms. The molecule has 0 unspecified atom stereocenters. The van der Waals surface area contributed by atoms with E-state index in [0.717, 1.165) is 5.56 Å². The van der Waals surface area contributed by atoms with Crippen molar-refractivity contribution in [2.45, 2.75) is 50.0 Å². The van der Waals surface area contributed by atoms with Crippen LogP contribution in [0.3, 0.4) is 0 Å². The summed E-state index contributed by atoms with van der Waals surface area (Å²) < 4.78 is 28.3. The molecule has 1 aliphatic heterocycles. The first kappa shape index (κ1) is 25.1. The zero-order valence-electron chi connectivity index (χ0n) is 19.8. The van der Waals surface area contributed by atoms with Gasteiger partial charge >= 0.3 is 0 Å². The summed E-state index contributed by atoms with van der Waals surface area (Å²) in [6, 6.07) is 10.8. The number of aryl methyl sites for hydroxylation is 1. The highest BCUT2D eigenvalue weighted by Gasteiger charge is 2.47. The fourth-order valence-corrected chi connectivity index (χ4v) is 6.90. The Balaban J connectivity index is 1.53. The van der Waals surface area contributed by atoms with E-state index >= 15 is 0 Å². The monoisotopic (exact) mass is 517 g/mol. The first-order valence-corrected chi connectivity index (χ1v) is 13.6. The van der Waals surface area contributed by atoms with Crippen LogP contribution in [0, 0.1) is 23.0 Å². The molecule has 0 saturated carbocycles. The van der Waals surface area contributed by atoms with E-state index in [1.807, 2.05) is 27.7 Å². The Kier molecular flexibility index (Phi) is 6.89. The Bertz CT molecular complexity index is 1370. The molecule has 2 heterocycles. The first-order chi connectivity index (χ1) is 16.5. The van der Waals surface area contributed by atoms with Crippen LogP contribution in [0.15, 0.2) is 52.5 Å². The van der Waals surface area contributed by atoms with Crippen LogP contribution < -0.4 is 0 Å². The van der Waals surface area contributed by atoms with Gasteiger partial charge in [0.05, 0.1) is 26.6 Å². The van der Waals surface area contributed by atoms with E-state index < -0.39 is 21.1 Å². The van der Waals surface area contributed by atoms with Crippen LogP contribution in [0.1, 0.15) is 26.3 Å². The number of sulfonamides is 1. The number of aromatic amines is 1. The molecule has 2 atom stereocenters. The van der Waals surface area contributed by atoms with Gasteiger partial charge in [0.2, 0.25) is 15.9 Å². The van der Waals surface area contributed by atoms with Crippen molar-refractivity contribution in [2.24, 2.45) is 5.92 Å². The average Bonchev–Trinajstić information content (AvgIpc) is 3.38. The molecule has 12 heteroatoms. The predicted octanol–water partition coefficient (Wildman–Crippen LogP) is 3.78. The van der Waals surface area contributed by atoms with Gasteiger partial charge in [-0.1, -0.05) is 43.3 Å². The highest BCUT2D eigenvalue weighted by atomic mass is 32.2. The van der Waals surface area contributed by atoms with Gasteiger partial charge in [0.25, 0.3) is 5.69 Å². The average molecular weight is 518 g/mol. The van der Waals surface area contributed by atoms with Crippen molar-refractivity contribution in [1.29, 1.82) is 0 Å². The highest BCUT2D eigenvalue weighted by Crippen LogP contribution is 2.33. The number of non-ortho nitro benzene ring substituents is 1. The number of rotatable bonds is 7. The molecule has 1 aliphatic rings. The van der Waals surface area contributed by atoms with Gasteiger partial charge < -0.3 is 9.88 Å². The smallest absolute Gasteiger partial charge is 0.271 e. The number of hydrogen-bond acceptors (Lipinski definition) is 7. The minimum atomic E-state index is -3.79. The van der Waals surface area contributed by atoms with E-state index in [9.17, 15) is 23.3 Å². The van der Waals surface area contributed by atoms with Crippen LogP contribution in [0.5, 0.6) is 0 Å². The van der Waals surface area contributed by atoms with Gasteiger partial charge in [-0.25, -0.2) is 13.4 Å². The largest absolute Gasteiger partial charge is 0.333 e. The van der Waals surface area contributed by atoms with Crippen molar-refractivity contribution in [1.82, 2.24) is 19.2 Å². The summed E-state index contributed by atoms with van der Waals surface area (Å²) in [5, 5.41) is 11.5. The summed E-state index contributed by atoms with van der Waals surface area (Å²) in [6.45, 7) is 7.76. The summed E-state index contributed by atoms with van der Waals surface area (Å²) >= 11 is 1.18. The third-order valence-corrected chi connectivity index (χ3v) is 8.71. The molecule has 1 fully saturated rings. The van der Waals surface area contributed by atoms with Crippen LogP contribution in [-0.4, -0.2) is 62.9 Å². The lowest BCUT2D eigenvalue weighted by Gasteiger charge is -2.33. The molecule has 10 nitrogen and oxygen atoms in total. The van der Waals surface area contributed by atoms with Gasteiger partial charge in [-0.3, -0.25) is 14.9 Å². The second-order valence-electron chi connectivity index (χ2n) is 8.98. The summed E-state index contributed by atoms with van der Waals surface area (Å²) in [6.07, 6.45) is -0.609. The molecule has 1 amide bonds. The minimum absolute atomic E-state index is 0.0469. The lowest BCUT2D eigenvalue weighted by atomic mass is 10.1. The van der Waals surface area contributed by atoms with Crippen molar-refractivity contribution in [3.8, 4) is 0 Å². The molecule has 1 aromatic heterocycles. The number of carbonyl (C=O) groups excluding carboxylic acids is 1. The lowest BCUT2D eigenvalue weighted by molar-refractivity contribution is -0.384. The van der Waals surface area contributed by atoms with Crippen molar-refractivity contribution in [3.05, 3.63) is 58.1 Å². The molecule has 4 rings (SSSR count). The number of H-pyrrole nitrogens is 1. The van der Waals surface area contributed by atoms with Crippen LogP contribution in [0.4, 0.5) is 5.69 Å². The zero-order valence-corrected chi connectivity index (χ0v) is 21.5. The van der Waals surface area contributed by atoms with Crippen molar-refractivity contribution < 1.29 is 18.1 Å². The van der Waals surface area contributed by atoms with E-state index in [-0.39, 0.29) is 40.7 Å². The van der Waals surface area contributed by atoms with Crippen LogP contribution in [0.25, 0.3) is 11.0 Å². The van der Waals surface area contributed by atoms with Gasteiger partial charge in [0.1, 0.15) is 6.17 Å². The fourth-order valence-electron chi connectivity index (χ4n) is 4.35. The third kappa shape index (κ3) is 4.91. The molecule has 186 valence electrons. The van der Waals surface area contributed by atoms with Crippen molar-refractivity contribution >= 4 is 44.4 Å². The number of nitro benzene ring substituents is 1. The van der Waals surface area contributed by atoms with Crippen LogP contribution in [0.2, 0.25) is 0 Å². The number of nitrogens with zero attached hydrogens (tertiary/aromatic N) is 4. The van der Waals surface area contributed by atoms with E-state index in [1.54, 1.807) is 35.2 Å². The highest BCUT2D eigenvalue weighted by molar-refractivity contribution is 7.99. The Morgan fingerprint density at radius 2 is 1.94 bits per heavy atom. The van der Waals surface area contributed by atoms with E-state index in [1.165, 1.54) is 28.2 Å². The number of imidazole rings is 1. The number of fused-ring (bicyclic) bond motifs is 1. The number of carbonyl (C=O) groups is 1. The molecule has 0 spiro atoms. The van der Waals surface area contributed by atoms with Gasteiger partial charge in [-0.2, -0.15) is 4.31 Å². The molecular formula is C23H27N5O5S2. The van der Waals surface area contributed by atoms with E-state index in [2.05, 4.69) is 9.97 Å². The van der Waals surface area contributed by atoms with Gasteiger partial charge in [-0.15, -0.1) is 0 Å². The normalized spacial score (nSPS) is 19.1. The number of nitrogens with one attached hydrogen (secondary N) is 1. The van der Waals surface area contributed by atoms with Gasteiger partial charge in [0, 0.05) is 24.7 Å². The zero-order chi connectivity index (χ0) is 25.5. The third-order valence-electron chi connectivity index (χ3n) is 6.00. The molecule has 3 aromatic rings. The van der Waals surface area contributed by atoms with Gasteiger partial charge in [0.15, 0.2) is 5.16 Å². The van der Waals surface area contributed by atoms with E-state index in [0.29, 0.717) is 16.2 Å². The Morgan fingerprint density at radius 3 is 2.57 bits per heavy atom. The Labute approximate surface area is 207 Å². The molecule has 2 aromatic carbocycles. The Hall–Kier alpha value is -2.96. The second kappa shape index (κ2) is 9.59. The summed E-state index contributed by atoms with van der Waals surface area (Å²) in [5.74, 6) is -0.274. The van der Waals surface area contributed by atoms with E-state index in [4.69, 9.17) is 0 Å². The standard InChI is InChI=1S/C23H27N5O5S2/c1-14(2)22-26(35(32,33)18-8-5-15(3)6-9-18)12-16(4)27(22)21(29)13-34-23-24-19-10-7-17(28(30)31)11-20(19)25-23/h5-11,14,16,22H,12-13H2,1-4H3,(H,24,25)/t16-,22-/m0/s1. The number of thioether (sulfide) groups is 1. The lowest BCUT2D eigenvalue weighted by Crippen LogP contribution is -2.49. The van der Waals surface area contributed by atoms with Crippen molar-refractivity contribution in [3.63, 3.8) is 0 Å². The summed E-state index contributed by atoms with van der Waals surface area (Å²) in [5.41, 5.74) is 2.00. The number of nitro groups is 1. The SMILES string of the molecule is Cc1ccc(S(=O)(=O)N2C[C@H](C)N(C(=O)CSc3nc4ccc([N+](=O)[O-])cc4[nH]3)[C@H]2C(C)C)cc1. The van der Waals surface area contributed by atoms with Crippen LogP contribution >= 0.6 is 11.8 Å². The number of benzene rings is 2. The maximum absolute atomic E-state index is 13.4. The fraction of sp³-hybridized carbons (Fsp3) is 0.391. The topological polar surface area (TPSA) is 130 Å². The second-order valence-corrected chi connectivity index (χ2v) is 11.8. The molecule has 0 radical (unpaired) electrons. The molecular weight excluding hydrogens is 490 g/mol. The van der Waals surface area contributed by atoms with Crippen molar-refractivity contribution in [2.75, 3.05) is 12.3 Å². The molecule has 35 heavy (non-hydrogen) atoms. The van der Waals surface area contributed by atoms with Gasteiger partial charge in [-0.05, 0) is 38.0 Å². The number of hydrogen-bond donors (Lipinski definition) is 1. The van der Waals surface area contributed by atoms with Crippen LogP contribution in [-0.2, 0) is 14.8 Å². The maximum atomic E-state index is 13.4. The molecule has 0 aliphatic carbocycles.